The van der Waals surface area contributed by atoms with Crippen LogP contribution in [0.4, 0.5) is 0 Å². The van der Waals surface area contributed by atoms with Crippen molar-refractivity contribution in [1.82, 2.24) is 0 Å². The van der Waals surface area contributed by atoms with Gasteiger partial charge in [0.1, 0.15) is 12.2 Å². The number of fused-ring (bicyclic) bond motifs is 1. The quantitative estimate of drug-likeness (QED) is 0.730. The molecule has 5 nitrogen and oxygen atoms in total. The van der Waals surface area contributed by atoms with Crippen LogP contribution >= 0.6 is 10.7 Å². The van der Waals surface area contributed by atoms with E-state index in [0.717, 1.165) is 0 Å². The van der Waals surface area contributed by atoms with E-state index in [4.69, 9.17) is 24.9 Å². The highest BCUT2D eigenvalue weighted by Crippen LogP contribution is 2.39. The summed E-state index contributed by atoms with van der Waals surface area (Å²) in [7, 11) is 1.70. The third kappa shape index (κ3) is 3.12. The Labute approximate surface area is 106 Å². The van der Waals surface area contributed by atoms with Crippen LogP contribution in [0.3, 0.4) is 0 Å². The van der Waals surface area contributed by atoms with E-state index in [1.165, 1.54) is 0 Å². The first kappa shape index (κ1) is 13.5. The predicted molar refractivity (Wildman–Crippen MR) is 62.4 cm³/mol. The van der Waals surface area contributed by atoms with Crippen molar-refractivity contribution in [1.29, 1.82) is 0 Å². The molecule has 100 valence electrons. The van der Waals surface area contributed by atoms with Gasteiger partial charge in [0.25, 0.3) is 0 Å². The normalized spacial score (nSPS) is 40.5. The molecule has 0 aromatic rings. The molecule has 0 spiro atoms. The molecular weight excluding hydrogens is 268 g/mol. The summed E-state index contributed by atoms with van der Waals surface area (Å²) < 4.78 is 39.0. The van der Waals surface area contributed by atoms with Crippen LogP contribution < -0.4 is 0 Å². The molecule has 0 saturated carbocycles. The third-order valence-electron chi connectivity index (χ3n) is 3.03. The summed E-state index contributed by atoms with van der Waals surface area (Å²) >= 11 is 0. The fourth-order valence-electron chi connectivity index (χ4n) is 2.39. The van der Waals surface area contributed by atoms with E-state index < -0.39 is 14.8 Å². The fourth-order valence-corrected chi connectivity index (χ4v) is 3.17. The second-order valence-corrected chi connectivity index (χ2v) is 7.87. The van der Waals surface area contributed by atoms with Gasteiger partial charge in [-0.3, -0.25) is 0 Å². The molecule has 2 aliphatic heterocycles. The van der Waals surface area contributed by atoms with Gasteiger partial charge < -0.3 is 14.2 Å². The van der Waals surface area contributed by atoms with Crippen LogP contribution in [0.15, 0.2) is 0 Å². The molecule has 0 bridgehead atoms. The summed E-state index contributed by atoms with van der Waals surface area (Å²) in [5.74, 6) is -0.746. The Morgan fingerprint density at radius 2 is 1.82 bits per heavy atom. The second kappa shape index (κ2) is 4.35. The summed E-state index contributed by atoms with van der Waals surface area (Å²) in [6.45, 7) is 5.58. The minimum Gasteiger partial charge on any atom is -0.370 e. The predicted octanol–water partition coefficient (Wildman–Crippen LogP) is 1.25. The molecule has 0 radical (unpaired) electrons. The summed E-state index contributed by atoms with van der Waals surface area (Å²) in [4.78, 5) is 0. The van der Waals surface area contributed by atoms with E-state index in [0.29, 0.717) is 6.42 Å². The number of ether oxygens (including phenoxy) is 3. The molecule has 17 heavy (non-hydrogen) atoms. The molecule has 0 amide bonds. The molecule has 2 aliphatic rings. The fraction of sp³-hybridized carbons (Fsp3) is 1.00. The number of hydrogen-bond acceptors (Lipinski definition) is 5. The van der Waals surface area contributed by atoms with Crippen molar-refractivity contribution in [2.24, 2.45) is 0 Å². The van der Waals surface area contributed by atoms with Gasteiger partial charge in [-0.05, 0) is 27.2 Å². The van der Waals surface area contributed by atoms with E-state index in [1.807, 2.05) is 20.8 Å². The van der Waals surface area contributed by atoms with Crippen molar-refractivity contribution in [3.63, 3.8) is 0 Å². The van der Waals surface area contributed by atoms with E-state index >= 15 is 0 Å². The summed E-state index contributed by atoms with van der Waals surface area (Å²) in [5, 5.41) is 0. The first-order valence-electron chi connectivity index (χ1n) is 5.61. The Morgan fingerprint density at radius 3 is 2.41 bits per heavy atom. The van der Waals surface area contributed by atoms with Gasteiger partial charge in [0.2, 0.25) is 9.05 Å². The van der Waals surface area contributed by atoms with Crippen LogP contribution in [0.25, 0.3) is 0 Å². The minimum atomic E-state index is -3.49. The molecule has 2 fully saturated rings. The molecule has 4 atom stereocenters. The van der Waals surface area contributed by atoms with E-state index in [1.54, 1.807) is 0 Å². The Balaban J connectivity index is 2.01. The Bertz CT molecular complexity index is 394. The lowest BCUT2D eigenvalue weighted by atomic mass is 10.1. The topological polar surface area (TPSA) is 61.8 Å². The number of halogens is 1. The van der Waals surface area contributed by atoms with Crippen molar-refractivity contribution in [2.75, 3.05) is 5.75 Å². The van der Waals surface area contributed by atoms with Crippen LogP contribution in [-0.4, -0.2) is 44.4 Å². The standard InChI is InChI=1S/C10H17ClO5S/c1-6-8-9(16-10(2,3)15-8)7(14-6)4-5-17(11,12)13/h6-9H,4-5H2,1-3H3/t6-,7+,8-,9+/m0/s1. The molecular formula is C10H17ClO5S. The highest BCUT2D eigenvalue weighted by Gasteiger charge is 2.53. The lowest BCUT2D eigenvalue weighted by Gasteiger charge is -2.22. The van der Waals surface area contributed by atoms with Crippen LogP contribution in [0.1, 0.15) is 27.2 Å². The zero-order valence-electron chi connectivity index (χ0n) is 10.1. The van der Waals surface area contributed by atoms with Gasteiger partial charge in [-0.1, -0.05) is 0 Å². The van der Waals surface area contributed by atoms with Crippen molar-refractivity contribution >= 4 is 19.7 Å². The Morgan fingerprint density at radius 1 is 1.24 bits per heavy atom. The van der Waals surface area contributed by atoms with E-state index in [2.05, 4.69) is 0 Å². The van der Waals surface area contributed by atoms with Crippen LogP contribution in [0, 0.1) is 0 Å². The SMILES string of the molecule is C[C@@H]1O[C@H](CCS(=O)(=O)Cl)[C@H]2OC(C)(C)O[C@H]21. The van der Waals surface area contributed by atoms with E-state index in [-0.39, 0.29) is 30.2 Å². The first-order chi connectivity index (χ1) is 7.68. The average Bonchev–Trinajstić information content (AvgIpc) is 2.58. The van der Waals surface area contributed by atoms with Crippen LogP contribution in [0.2, 0.25) is 0 Å². The maximum atomic E-state index is 10.9. The monoisotopic (exact) mass is 284 g/mol. The molecule has 0 N–H and O–H groups in total. The molecule has 2 heterocycles. The summed E-state index contributed by atoms with van der Waals surface area (Å²) in [5.41, 5.74) is 0. The highest BCUT2D eigenvalue weighted by atomic mass is 35.7. The maximum Gasteiger partial charge on any atom is 0.232 e. The van der Waals surface area contributed by atoms with Gasteiger partial charge in [0.05, 0.1) is 18.0 Å². The first-order valence-corrected chi connectivity index (χ1v) is 8.09. The molecule has 7 heteroatoms. The third-order valence-corrected chi connectivity index (χ3v) is 4.21. The van der Waals surface area contributed by atoms with Gasteiger partial charge in [-0.15, -0.1) is 0 Å². The largest absolute Gasteiger partial charge is 0.370 e. The van der Waals surface area contributed by atoms with Crippen LogP contribution in [0.5, 0.6) is 0 Å². The van der Waals surface area contributed by atoms with Crippen molar-refractivity contribution in [3.05, 3.63) is 0 Å². The van der Waals surface area contributed by atoms with Gasteiger partial charge in [-0.2, -0.15) is 0 Å². The zero-order chi connectivity index (χ0) is 12.8. The van der Waals surface area contributed by atoms with E-state index in [9.17, 15) is 8.42 Å². The Kier molecular flexibility index (Phi) is 3.46. The molecule has 0 aromatic heterocycles. The average molecular weight is 285 g/mol. The smallest absolute Gasteiger partial charge is 0.232 e. The van der Waals surface area contributed by atoms with Gasteiger partial charge in [0.15, 0.2) is 5.79 Å². The molecule has 0 unspecified atom stereocenters. The maximum absolute atomic E-state index is 10.9. The summed E-state index contributed by atoms with van der Waals surface area (Å²) in [6, 6.07) is 0. The van der Waals surface area contributed by atoms with Gasteiger partial charge in [0, 0.05) is 10.7 Å². The lowest BCUT2D eigenvalue weighted by Crippen LogP contribution is -2.30. The van der Waals surface area contributed by atoms with Crippen molar-refractivity contribution < 1.29 is 22.6 Å². The minimum absolute atomic E-state index is 0.0928. The van der Waals surface area contributed by atoms with Crippen molar-refractivity contribution in [3.8, 4) is 0 Å². The van der Waals surface area contributed by atoms with Crippen LogP contribution in [-0.2, 0) is 23.3 Å². The molecule has 0 aromatic carbocycles. The molecule has 2 saturated heterocycles. The summed E-state index contributed by atoms with van der Waals surface area (Å²) in [6.07, 6.45) is -0.377. The Hall–Kier alpha value is 0.120. The second-order valence-electron chi connectivity index (χ2n) is 4.98. The highest BCUT2D eigenvalue weighted by molar-refractivity contribution is 8.13. The molecule has 2 rings (SSSR count). The zero-order valence-corrected chi connectivity index (χ0v) is 11.6. The number of rotatable bonds is 3. The molecule has 0 aliphatic carbocycles. The van der Waals surface area contributed by atoms with Crippen molar-refractivity contribution in [2.45, 2.75) is 57.4 Å². The van der Waals surface area contributed by atoms with Gasteiger partial charge >= 0.3 is 0 Å². The number of hydrogen-bond donors (Lipinski definition) is 0. The lowest BCUT2D eigenvalue weighted by molar-refractivity contribution is -0.185. The van der Waals surface area contributed by atoms with Gasteiger partial charge in [-0.25, -0.2) is 8.42 Å².